The summed E-state index contributed by atoms with van der Waals surface area (Å²) in [5.41, 5.74) is 6.39. The summed E-state index contributed by atoms with van der Waals surface area (Å²) in [6.45, 7) is 6.15. The third-order valence-electron chi connectivity index (χ3n) is 4.79. The van der Waals surface area contributed by atoms with Gasteiger partial charge in [-0.15, -0.1) is 0 Å². The predicted molar refractivity (Wildman–Crippen MR) is 119 cm³/mol. The first-order valence-corrected chi connectivity index (χ1v) is 9.60. The van der Waals surface area contributed by atoms with E-state index in [1.807, 2.05) is 99.4 Å². The molecule has 148 valence electrons. The van der Waals surface area contributed by atoms with Crippen molar-refractivity contribution in [3.63, 3.8) is 0 Å². The maximum atomic E-state index is 12.6. The van der Waals surface area contributed by atoms with Crippen molar-refractivity contribution in [1.82, 2.24) is 0 Å². The van der Waals surface area contributed by atoms with Gasteiger partial charge in [0.15, 0.2) is 0 Å². The molecule has 0 atom stereocenters. The average molecular weight is 386 g/mol. The Bertz CT molecular complexity index is 1010. The van der Waals surface area contributed by atoms with E-state index in [4.69, 9.17) is 4.74 Å². The minimum absolute atomic E-state index is 0.263. The number of para-hydroxylation sites is 1. The number of aliphatic imine (C=N–C) groups is 1. The molecule has 0 spiro atoms. The van der Waals surface area contributed by atoms with Crippen molar-refractivity contribution in [1.29, 1.82) is 0 Å². The van der Waals surface area contributed by atoms with Crippen LogP contribution < -0.4 is 4.90 Å². The molecular formula is C25H26N2O2. The van der Waals surface area contributed by atoms with Crippen molar-refractivity contribution in [2.75, 3.05) is 11.9 Å². The van der Waals surface area contributed by atoms with Crippen LogP contribution in [0.15, 0.2) is 71.7 Å². The minimum Gasteiger partial charge on any atom is -0.457 e. The van der Waals surface area contributed by atoms with Crippen LogP contribution in [-0.4, -0.2) is 19.4 Å². The van der Waals surface area contributed by atoms with Crippen LogP contribution in [0.5, 0.6) is 0 Å². The van der Waals surface area contributed by atoms with Gasteiger partial charge in [0.25, 0.3) is 0 Å². The second kappa shape index (κ2) is 9.20. The minimum atomic E-state index is -0.317. The highest BCUT2D eigenvalue weighted by Crippen LogP contribution is 2.24. The van der Waals surface area contributed by atoms with Crippen LogP contribution in [0.4, 0.5) is 11.4 Å². The maximum absolute atomic E-state index is 12.6. The molecule has 0 radical (unpaired) electrons. The summed E-state index contributed by atoms with van der Waals surface area (Å²) < 4.78 is 5.50. The van der Waals surface area contributed by atoms with Gasteiger partial charge >= 0.3 is 5.97 Å². The first-order valence-electron chi connectivity index (χ1n) is 9.60. The summed E-state index contributed by atoms with van der Waals surface area (Å²) in [7, 11) is 1.96. The van der Waals surface area contributed by atoms with Gasteiger partial charge in [-0.05, 0) is 61.7 Å². The second-order valence-corrected chi connectivity index (χ2v) is 7.21. The maximum Gasteiger partial charge on any atom is 0.338 e. The number of esters is 1. The lowest BCUT2D eigenvalue weighted by atomic mass is 10.0. The van der Waals surface area contributed by atoms with Crippen molar-refractivity contribution in [2.45, 2.75) is 27.4 Å². The summed E-state index contributed by atoms with van der Waals surface area (Å²) >= 11 is 0. The van der Waals surface area contributed by atoms with E-state index in [-0.39, 0.29) is 12.6 Å². The van der Waals surface area contributed by atoms with Crippen molar-refractivity contribution in [3.05, 3.63) is 94.5 Å². The van der Waals surface area contributed by atoms with Gasteiger partial charge in [-0.2, -0.15) is 0 Å². The molecule has 4 heteroatoms. The van der Waals surface area contributed by atoms with E-state index >= 15 is 0 Å². The Morgan fingerprint density at radius 3 is 2.34 bits per heavy atom. The number of anilines is 1. The Morgan fingerprint density at radius 1 is 0.966 bits per heavy atom. The topological polar surface area (TPSA) is 41.9 Å². The van der Waals surface area contributed by atoms with E-state index in [2.05, 4.69) is 4.99 Å². The summed E-state index contributed by atoms with van der Waals surface area (Å²) in [6, 6.07) is 21.8. The fraction of sp³-hybridized carbons (Fsp3) is 0.200. The van der Waals surface area contributed by atoms with Crippen LogP contribution in [0.25, 0.3) is 0 Å². The Kier molecular flexibility index (Phi) is 6.45. The third kappa shape index (κ3) is 5.32. The van der Waals surface area contributed by atoms with Crippen LogP contribution in [0, 0.1) is 20.8 Å². The van der Waals surface area contributed by atoms with E-state index in [1.165, 1.54) is 5.56 Å². The second-order valence-electron chi connectivity index (χ2n) is 7.21. The molecule has 0 fully saturated rings. The number of carbonyl (C=O) groups excluding carboxylic acids is 1. The third-order valence-corrected chi connectivity index (χ3v) is 4.79. The highest BCUT2D eigenvalue weighted by Gasteiger charge is 2.13. The summed E-state index contributed by atoms with van der Waals surface area (Å²) in [5, 5.41) is 0. The van der Waals surface area contributed by atoms with E-state index < -0.39 is 0 Å². The van der Waals surface area contributed by atoms with E-state index in [9.17, 15) is 4.79 Å². The van der Waals surface area contributed by atoms with Crippen molar-refractivity contribution in [2.24, 2.45) is 4.99 Å². The number of ether oxygens (including phenoxy) is 1. The first kappa shape index (κ1) is 20.3. The lowest BCUT2D eigenvalue weighted by Crippen LogP contribution is -2.13. The van der Waals surface area contributed by atoms with Crippen LogP contribution in [0.3, 0.4) is 0 Å². The number of hydrogen-bond donors (Lipinski definition) is 0. The fourth-order valence-corrected chi connectivity index (χ4v) is 2.95. The van der Waals surface area contributed by atoms with Gasteiger partial charge < -0.3 is 9.64 Å². The van der Waals surface area contributed by atoms with Crippen molar-refractivity contribution < 1.29 is 9.53 Å². The molecule has 0 amide bonds. The number of carbonyl (C=O) groups is 1. The van der Waals surface area contributed by atoms with Crippen molar-refractivity contribution >= 4 is 23.7 Å². The molecule has 0 aliphatic heterocycles. The molecule has 0 saturated heterocycles. The molecule has 3 aromatic carbocycles. The monoisotopic (exact) mass is 386 g/mol. The highest BCUT2D eigenvalue weighted by atomic mass is 16.5. The van der Waals surface area contributed by atoms with Crippen LogP contribution >= 0.6 is 0 Å². The molecule has 3 aromatic rings. The van der Waals surface area contributed by atoms with Gasteiger partial charge in [-0.3, -0.25) is 0 Å². The molecule has 0 aliphatic carbocycles. The van der Waals surface area contributed by atoms with E-state index in [0.717, 1.165) is 28.1 Å². The zero-order valence-corrected chi connectivity index (χ0v) is 17.3. The molecule has 0 bridgehead atoms. The van der Waals surface area contributed by atoms with Crippen LogP contribution in [0.1, 0.15) is 32.6 Å². The van der Waals surface area contributed by atoms with Gasteiger partial charge in [-0.1, -0.05) is 48.0 Å². The average Bonchev–Trinajstić information content (AvgIpc) is 2.73. The van der Waals surface area contributed by atoms with Gasteiger partial charge in [0.2, 0.25) is 0 Å². The standard InChI is InChI=1S/C25H26N2O2/c1-18-10-12-21(13-11-18)16-29-25(28)23-14-20(3)24(15-19(23)2)26-17-27(4)22-8-6-5-7-9-22/h5-15,17H,16H2,1-4H3. The predicted octanol–water partition coefficient (Wildman–Crippen LogP) is 5.77. The highest BCUT2D eigenvalue weighted by molar-refractivity contribution is 5.92. The van der Waals surface area contributed by atoms with Gasteiger partial charge in [0.05, 0.1) is 17.6 Å². The molecule has 0 aromatic heterocycles. The summed E-state index contributed by atoms with van der Waals surface area (Å²) in [4.78, 5) is 19.1. The molecule has 29 heavy (non-hydrogen) atoms. The van der Waals surface area contributed by atoms with E-state index in [0.29, 0.717) is 5.56 Å². The number of rotatable bonds is 6. The van der Waals surface area contributed by atoms with Crippen LogP contribution in [-0.2, 0) is 11.3 Å². The Labute approximate surface area is 172 Å². The van der Waals surface area contributed by atoms with Gasteiger partial charge in [0, 0.05) is 12.7 Å². The van der Waals surface area contributed by atoms with Gasteiger partial charge in [-0.25, -0.2) is 9.79 Å². The largest absolute Gasteiger partial charge is 0.457 e. The molecule has 4 nitrogen and oxygen atoms in total. The lowest BCUT2D eigenvalue weighted by molar-refractivity contribution is 0.0472. The van der Waals surface area contributed by atoms with Crippen LogP contribution in [0.2, 0.25) is 0 Å². The summed E-state index contributed by atoms with van der Waals surface area (Å²) in [6.07, 6.45) is 1.78. The number of aryl methyl sites for hydroxylation is 3. The van der Waals surface area contributed by atoms with E-state index in [1.54, 1.807) is 6.34 Å². The Morgan fingerprint density at radius 2 is 1.66 bits per heavy atom. The fourth-order valence-electron chi connectivity index (χ4n) is 2.95. The molecule has 0 heterocycles. The smallest absolute Gasteiger partial charge is 0.338 e. The Hall–Kier alpha value is -3.40. The number of nitrogens with zero attached hydrogens (tertiary/aromatic N) is 2. The molecule has 0 saturated carbocycles. The zero-order valence-electron chi connectivity index (χ0n) is 17.3. The normalized spacial score (nSPS) is 10.9. The molecule has 0 N–H and O–H groups in total. The summed E-state index contributed by atoms with van der Waals surface area (Å²) in [5.74, 6) is -0.317. The zero-order chi connectivity index (χ0) is 20.8. The SMILES string of the molecule is Cc1ccc(COC(=O)c2cc(C)c(N=CN(C)c3ccccc3)cc2C)cc1. The molecule has 3 rings (SSSR count). The molecule has 0 aliphatic rings. The first-order chi connectivity index (χ1) is 13.9. The van der Waals surface area contributed by atoms with Crippen molar-refractivity contribution in [3.8, 4) is 0 Å². The Balaban J connectivity index is 1.70. The molecule has 0 unspecified atom stereocenters. The lowest BCUT2D eigenvalue weighted by Gasteiger charge is -2.14. The number of hydrogen-bond acceptors (Lipinski definition) is 3. The number of benzene rings is 3. The quantitative estimate of drug-likeness (QED) is 0.307. The molecular weight excluding hydrogens is 360 g/mol. The van der Waals surface area contributed by atoms with Gasteiger partial charge in [0.1, 0.15) is 6.61 Å².